The molecule has 1 aromatic rings. The number of terminal acetylenes is 1. The maximum absolute atomic E-state index is 10.7. The molecule has 1 aromatic heterocycles. The van der Waals surface area contributed by atoms with E-state index < -0.39 is 4.92 Å². The Morgan fingerprint density at radius 3 is 2.94 bits per heavy atom. The van der Waals surface area contributed by atoms with Crippen LogP contribution >= 0.6 is 11.6 Å². The molecule has 1 heterocycles. The molecule has 84 valence electrons. The molecule has 1 rings (SSSR count). The van der Waals surface area contributed by atoms with Gasteiger partial charge in [-0.15, -0.1) is 6.42 Å². The molecule has 1 atom stereocenters. The van der Waals surface area contributed by atoms with Crippen LogP contribution in [0.25, 0.3) is 0 Å². The molecule has 0 fully saturated rings. The first-order chi connectivity index (χ1) is 7.58. The van der Waals surface area contributed by atoms with Crippen LogP contribution in [-0.2, 0) is 0 Å². The molecule has 16 heavy (non-hydrogen) atoms. The van der Waals surface area contributed by atoms with Gasteiger partial charge < -0.3 is 5.32 Å². The van der Waals surface area contributed by atoms with Crippen LogP contribution in [0.15, 0.2) is 12.1 Å². The van der Waals surface area contributed by atoms with Gasteiger partial charge in [-0.25, -0.2) is 4.98 Å². The predicted molar refractivity (Wildman–Crippen MR) is 62.4 cm³/mol. The lowest BCUT2D eigenvalue weighted by Gasteiger charge is -2.11. The van der Waals surface area contributed by atoms with Crippen molar-refractivity contribution in [3.8, 4) is 12.3 Å². The number of pyridine rings is 1. The van der Waals surface area contributed by atoms with Gasteiger partial charge in [0.15, 0.2) is 0 Å². The minimum Gasteiger partial charge on any atom is -0.351 e. The Bertz CT molecular complexity index is 442. The Labute approximate surface area is 98.0 Å². The van der Waals surface area contributed by atoms with E-state index in [1.165, 1.54) is 12.1 Å². The van der Waals surface area contributed by atoms with Crippen LogP contribution in [0, 0.1) is 22.5 Å². The maximum Gasteiger partial charge on any atom is 0.311 e. The second kappa shape index (κ2) is 5.33. The van der Waals surface area contributed by atoms with Crippen molar-refractivity contribution >= 4 is 23.1 Å². The number of rotatable bonds is 4. The van der Waals surface area contributed by atoms with Crippen molar-refractivity contribution in [2.75, 3.05) is 5.32 Å². The van der Waals surface area contributed by atoms with Crippen LogP contribution < -0.4 is 5.32 Å². The Kier molecular flexibility index (Phi) is 4.09. The summed E-state index contributed by atoms with van der Waals surface area (Å²) in [6.07, 6.45) is 5.89. The normalized spacial score (nSPS) is 11.6. The summed E-state index contributed by atoms with van der Waals surface area (Å²) < 4.78 is 0. The minimum absolute atomic E-state index is 0.0994. The van der Waals surface area contributed by atoms with Crippen LogP contribution in [-0.4, -0.2) is 15.9 Å². The topological polar surface area (TPSA) is 68.1 Å². The largest absolute Gasteiger partial charge is 0.351 e. The number of nitrogens with zero attached hydrogens (tertiary/aromatic N) is 2. The fourth-order valence-electron chi connectivity index (χ4n) is 1.11. The standard InChI is InChI=1S/C10H10ClN3O2/c1-3-7(4-2)12-10-8(14(15)16)5-6-9(11)13-10/h1,5-7H,4H2,2H3,(H,12,13). The Morgan fingerprint density at radius 2 is 2.44 bits per heavy atom. The molecular formula is C10H10ClN3O2. The van der Waals surface area contributed by atoms with Crippen molar-refractivity contribution in [3.05, 3.63) is 27.4 Å². The highest BCUT2D eigenvalue weighted by Gasteiger charge is 2.17. The Hall–Kier alpha value is -1.80. The Morgan fingerprint density at radius 1 is 1.75 bits per heavy atom. The number of hydrogen-bond acceptors (Lipinski definition) is 4. The lowest BCUT2D eigenvalue weighted by atomic mass is 10.2. The van der Waals surface area contributed by atoms with Crippen molar-refractivity contribution in [1.29, 1.82) is 0 Å². The third-order valence-corrected chi connectivity index (χ3v) is 2.17. The summed E-state index contributed by atoms with van der Waals surface area (Å²) in [6.45, 7) is 1.87. The number of aromatic nitrogens is 1. The quantitative estimate of drug-likeness (QED) is 0.379. The van der Waals surface area contributed by atoms with E-state index in [9.17, 15) is 10.1 Å². The van der Waals surface area contributed by atoms with Gasteiger partial charge in [0.2, 0.25) is 5.82 Å². The fraction of sp³-hybridized carbons (Fsp3) is 0.300. The van der Waals surface area contributed by atoms with Crippen LogP contribution in [0.3, 0.4) is 0 Å². The molecule has 1 unspecified atom stereocenters. The summed E-state index contributed by atoms with van der Waals surface area (Å²) in [6, 6.07) is 2.35. The first-order valence-electron chi connectivity index (χ1n) is 4.62. The summed E-state index contributed by atoms with van der Waals surface area (Å²) in [5.41, 5.74) is -0.141. The number of nitrogens with one attached hydrogen (secondary N) is 1. The van der Waals surface area contributed by atoms with Gasteiger partial charge >= 0.3 is 5.69 Å². The van der Waals surface area contributed by atoms with E-state index in [1.807, 2.05) is 6.92 Å². The van der Waals surface area contributed by atoms with E-state index in [0.717, 1.165) is 0 Å². The van der Waals surface area contributed by atoms with E-state index in [1.54, 1.807) is 0 Å². The van der Waals surface area contributed by atoms with Gasteiger partial charge in [0.1, 0.15) is 5.15 Å². The highest BCUT2D eigenvalue weighted by molar-refractivity contribution is 6.29. The van der Waals surface area contributed by atoms with E-state index in [0.29, 0.717) is 6.42 Å². The van der Waals surface area contributed by atoms with E-state index in [-0.39, 0.29) is 22.7 Å². The summed E-state index contributed by atoms with van der Waals surface area (Å²) in [7, 11) is 0. The van der Waals surface area contributed by atoms with Crippen LogP contribution in [0.2, 0.25) is 5.15 Å². The molecule has 0 radical (unpaired) electrons. The molecule has 0 aliphatic heterocycles. The average molecular weight is 240 g/mol. The molecule has 0 saturated carbocycles. The molecule has 0 aliphatic rings. The molecule has 1 N–H and O–H groups in total. The average Bonchev–Trinajstić information content (AvgIpc) is 2.25. The SMILES string of the molecule is C#CC(CC)Nc1nc(Cl)ccc1[N+](=O)[O-]. The van der Waals surface area contributed by atoms with E-state index >= 15 is 0 Å². The van der Waals surface area contributed by atoms with Gasteiger partial charge in [-0.1, -0.05) is 24.4 Å². The van der Waals surface area contributed by atoms with E-state index in [2.05, 4.69) is 16.2 Å². The zero-order chi connectivity index (χ0) is 12.1. The Balaban J connectivity index is 3.06. The number of halogens is 1. The third-order valence-electron chi connectivity index (χ3n) is 1.96. The van der Waals surface area contributed by atoms with Crippen LogP contribution in [0.1, 0.15) is 13.3 Å². The van der Waals surface area contributed by atoms with Crippen LogP contribution in [0.5, 0.6) is 0 Å². The zero-order valence-corrected chi connectivity index (χ0v) is 9.36. The summed E-state index contributed by atoms with van der Waals surface area (Å²) in [5.74, 6) is 2.57. The van der Waals surface area contributed by atoms with Gasteiger partial charge in [-0.3, -0.25) is 10.1 Å². The number of anilines is 1. The van der Waals surface area contributed by atoms with Crippen LogP contribution in [0.4, 0.5) is 11.5 Å². The third kappa shape index (κ3) is 2.84. The molecule has 0 aromatic carbocycles. The fourth-order valence-corrected chi connectivity index (χ4v) is 1.26. The highest BCUT2D eigenvalue weighted by Crippen LogP contribution is 2.24. The van der Waals surface area contributed by atoms with E-state index in [4.69, 9.17) is 18.0 Å². The number of nitro groups is 1. The first kappa shape index (κ1) is 12.3. The second-order valence-corrected chi connectivity index (χ2v) is 3.42. The summed E-state index contributed by atoms with van der Waals surface area (Å²) in [5, 5.41) is 13.7. The van der Waals surface area contributed by atoms with Gasteiger partial charge in [-0.05, 0) is 12.5 Å². The number of hydrogen-bond donors (Lipinski definition) is 1. The highest BCUT2D eigenvalue weighted by atomic mass is 35.5. The molecule has 6 heteroatoms. The minimum atomic E-state index is -0.533. The van der Waals surface area contributed by atoms with Gasteiger partial charge in [-0.2, -0.15) is 0 Å². The molecule has 0 saturated heterocycles. The van der Waals surface area contributed by atoms with Crippen molar-refractivity contribution in [3.63, 3.8) is 0 Å². The zero-order valence-electron chi connectivity index (χ0n) is 8.61. The smallest absolute Gasteiger partial charge is 0.311 e. The summed E-state index contributed by atoms with van der Waals surface area (Å²) in [4.78, 5) is 14.0. The van der Waals surface area contributed by atoms with Crippen molar-refractivity contribution in [1.82, 2.24) is 4.98 Å². The first-order valence-corrected chi connectivity index (χ1v) is 4.99. The van der Waals surface area contributed by atoms with Gasteiger partial charge in [0, 0.05) is 6.07 Å². The second-order valence-electron chi connectivity index (χ2n) is 3.03. The van der Waals surface area contributed by atoms with Crippen molar-refractivity contribution in [2.24, 2.45) is 0 Å². The molecule has 0 bridgehead atoms. The molecule has 0 spiro atoms. The van der Waals surface area contributed by atoms with Crippen molar-refractivity contribution in [2.45, 2.75) is 19.4 Å². The monoisotopic (exact) mass is 239 g/mol. The molecule has 0 amide bonds. The lowest BCUT2D eigenvalue weighted by Crippen LogP contribution is -2.17. The molecular weight excluding hydrogens is 230 g/mol. The van der Waals surface area contributed by atoms with Gasteiger partial charge in [0.25, 0.3) is 0 Å². The lowest BCUT2D eigenvalue weighted by molar-refractivity contribution is -0.384. The van der Waals surface area contributed by atoms with Crippen molar-refractivity contribution < 1.29 is 4.92 Å². The predicted octanol–water partition coefficient (Wildman–Crippen LogP) is 2.47. The summed E-state index contributed by atoms with van der Waals surface area (Å²) >= 11 is 5.67. The molecule has 5 nitrogen and oxygen atoms in total. The molecule has 0 aliphatic carbocycles. The van der Waals surface area contributed by atoms with Gasteiger partial charge in [0.05, 0.1) is 11.0 Å². The maximum atomic E-state index is 10.7.